The van der Waals surface area contributed by atoms with E-state index in [1.807, 2.05) is 0 Å². The molecular weight excluding hydrogens is 194 g/mol. The fourth-order valence-electron chi connectivity index (χ4n) is 0.102. The van der Waals surface area contributed by atoms with Crippen molar-refractivity contribution in [3.8, 4) is 0 Å². The van der Waals surface area contributed by atoms with Gasteiger partial charge in [0.25, 0.3) is 0 Å². The van der Waals surface area contributed by atoms with Crippen molar-refractivity contribution >= 4 is 37.2 Å². The molecule has 0 aliphatic rings. The zero-order valence-corrected chi connectivity index (χ0v) is 8.96. The summed E-state index contributed by atoms with van der Waals surface area (Å²) in [4.78, 5) is 0. The summed E-state index contributed by atoms with van der Waals surface area (Å²) >= 11 is 0. The maximum absolute atomic E-state index is 5.17. The third-order valence-electron chi connectivity index (χ3n) is 1.27. The highest BCUT2D eigenvalue weighted by Crippen LogP contribution is 2.02. The minimum absolute atomic E-state index is 0. The molecule has 0 bridgehead atoms. The van der Waals surface area contributed by atoms with Crippen LogP contribution in [-0.4, -0.2) is 5.54 Å². The molecule has 5 heteroatoms. The van der Waals surface area contributed by atoms with E-state index < -0.39 is 0 Å². The van der Waals surface area contributed by atoms with Gasteiger partial charge in [-0.05, 0) is 20.3 Å². The zero-order chi connectivity index (χ0) is 5.91. The third-order valence-corrected chi connectivity index (χ3v) is 1.27. The number of hydrogen-bond acceptors (Lipinski definition) is 2. The van der Waals surface area contributed by atoms with Crippen LogP contribution in [0.2, 0.25) is 0 Å². The van der Waals surface area contributed by atoms with Crippen LogP contribution in [0.4, 0.5) is 0 Å². The normalized spacial score (nSPS) is 8.40. The lowest BCUT2D eigenvalue weighted by Crippen LogP contribution is -2.43. The molecular formula is C5H17Cl3N2. The van der Waals surface area contributed by atoms with Gasteiger partial charge in [0.15, 0.2) is 0 Å². The summed E-state index contributed by atoms with van der Waals surface area (Å²) in [5.41, 5.74) is 2.80. The van der Waals surface area contributed by atoms with E-state index in [1.54, 1.807) is 0 Å². The van der Waals surface area contributed by atoms with E-state index in [2.05, 4.69) is 26.2 Å². The van der Waals surface area contributed by atoms with E-state index in [-0.39, 0.29) is 42.8 Å². The standard InChI is InChI=1S/C5H14N2.3ClH/c1-4-5(2,3)7-6;;;/h7H,4,6H2,1-3H3;3*1H. The Morgan fingerprint density at radius 2 is 1.50 bits per heavy atom. The van der Waals surface area contributed by atoms with Crippen LogP contribution in [0.5, 0.6) is 0 Å². The van der Waals surface area contributed by atoms with Crippen molar-refractivity contribution in [2.45, 2.75) is 32.7 Å². The molecule has 3 N–H and O–H groups in total. The lowest BCUT2D eigenvalue weighted by atomic mass is 10.0. The Balaban J connectivity index is -0.0000000600. The third kappa shape index (κ3) is 11.6. The number of hydrogen-bond donors (Lipinski definition) is 2. The highest BCUT2D eigenvalue weighted by Gasteiger charge is 2.09. The lowest BCUT2D eigenvalue weighted by molar-refractivity contribution is 0.385. The van der Waals surface area contributed by atoms with Crippen molar-refractivity contribution < 1.29 is 0 Å². The van der Waals surface area contributed by atoms with Crippen LogP contribution in [0.15, 0.2) is 0 Å². The Labute approximate surface area is 81.5 Å². The second-order valence-corrected chi connectivity index (χ2v) is 2.38. The quantitative estimate of drug-likeness (QED) is 0.541. The summed E-state index contributed by atoms with van der Waals surface area (Å²) < 4.78 is 0. The molecule has 68 valence electrons. The fourth-order valence-corrected chi connectivity index (χ4v) is 0.102. The zero-order valence-electron chi connectivity index (χ0n) is 6.51. The minimum Gasteiger partial charge on any atom is -0.271 e. The fraction of sp³-hybridized carbons (Fsp3) is 1.00. The summed E-state index contributed by atoms with van der Waals surface area (Å²) in [5, 5.41) is 0. The van der Waals surface area contributed by atoms with Crippen LogP contribution in [0.3, 0.4) is 0 Å². The molecule has 0 unspecified atom stereocenters. The smallest absolute Gasteiger partial charge is 0.0262 e. The van der Waals surface area contributed by atoms with Gasteiger partial charge in [0, 0.05) is 5.54 Å². The first-order chi connectivity index (χ1) is 3.12. The molecule has 0 saturated heterocycles. The molecule has 10 heavy (non-hydrogen) atoms. The maximum Gasteiger partial charge on any atom is 0.0262 e. The Morgan fingerprint density at radius 1 is 1.20 bits per heavy atom. The largest absolute Gasteiger partial charge is 0.271 e. The Kier molecular flexibility index (Phi) is 22.0. The van der Waals surface area contributed by atoms with E-state index in [0.29, 0.717) is 0 Å². The van der Waals surface area contributed by atoms with Gasteiger partial charge < -0.3 is 0 Å². The molecule has 0 atom stereocenters. The van der Waals surface area contributed by atoms with Crippen LogP contribution >= 0.6 is 37.2 Å². The lowest BCUT2D eigenvalue weighted by Gasteiger charge is -2.20. The van der Waals surface area contributed by atoms with Gasteiger partial charge in [0.2, 0.25) is 0 Å². The van der Waals surface area contributed by atoms with Crippen LogP contribution < -0.4 is 11.3 Å². The van der Waals surface area contributed by atoms with E-state index in [1.165, 1.54) is 0 Å². The van der Waals surface area contributed by atoms with Gasteiger partial charge >= 0.3 is 0 Å². The summed E-state index contributed by atoms with van der Waals surface area (Å²) in [6.07, 6.45) is 1.06. The van der Waals surface area contributed by atoms with Crippen molar-refractivity contribution in [1.29, 1.82) is 0 Å². The number of rotatable bonds is 2. The number of halogens is 3. The summed E-state index contributed by atoms with van der Waals surface area (Å²) in [6, 6.07) is 0. The average molecular weight is 212 g/mol. The van der Waals surface area contributed by atoms with Crippen LogP contribution in [-0.2, 0) is 0 Å². The molecule has 0 fully saturated rings. The number of nitrogens with one attached hydrogen (secondary N) is 1. The molecule has 0 aliphatic carbocycles. The molecule has 2 nitrogen and oxygen atoms in total. The minimum atomic E-state index is 0. The second-order valence-electron chi connectivity index (χ2n) is 2.38. The molecule has 0 radical (unpaired) electrons. The predicted molar refractivity (Wildman–Crippen MR) is 53.4 cm³/mol. The first kappa shape index (κ1) is 22.4. The molecule has 0 saturated carbocycles. The average Bonchev–Trinajstić information content (AvgIpc) is 1.68. The molecule has 0 aromatic heterocycles. The van der Waals surface area contributed by atoms with Crippen LogP contribution in [0, 0.1) is 0 Å². The van der Waals surface area contributed by atoms with Gasteiger partial charge in [0.05, 0.1) is 0 Å². The van der Waals surface area contributed by atoms with E-state index in [9.17, 15) is 0 Å². The van der Waals surface area contributed by atoms with Crippen LogP contribution in [0.1, 0.15) is 27.2 Å². The van der Waals surface area contributed by atoms with Gasteiger partial charge in [-0.3, -0.25) is 11.3 Å². The highest BCUT2D eigenvalue weighted by atomic mass is 35.5. The number of hydrazine groups is 1. The SMILES string of the molecule is CCC(C)(C)NN.Cl.Cl.Cl. The first-order valence-electron chi connectivity index (χ1n) is 2.60. The van der Waals surface area contributed by atoms with Crippen molar-refractivity contribution in [3.63, 3.8) is 0 Å². The van der Waals surface area contributed by atoms with Crippen LogP contribution in [0.25, 0.3) is 0 Å². The molecule has 0 aromatic rings. The molecule has 0 rings (SSSR count). The van der Waals surface area contributed by atoms with E-state index in [0.717, 1.165) is 6.42 Å². The second kappa shape index (κ2) is 9.79. The monoisotopic (exact) mass is 210 g/mol. The molecule has 0 spiro atoms. The maximum atomic E-state index is 5.17. The predicted octanol–water partition coefficient (Wildman–Crippen LogP) is 1.90. The summed E-state index contributed by atoms with van der Waals surface area (Å²) in [7, 11) is 0. The van der Waals surface area contributed by atoms with E-state index in [4.69, 9.17) is 5.84 Å². The molecule has 0 aliphatic heterocycles. The van der Waals surface area contributed by atoms with E-state index >= 15 is 0 Å². The van der Waals surface area contributed by atoms with Gasteiger partial charge in [-0.1, -0.05) is 6.92 Å². The molecule has 0 heterocycles. The van der Waals surface area contributed by atoms with Crippen molar-refractivity contribution in [2.24, 2.45) is 5.84 Å². The molecule has 0 aromatic carbocycles. The summed E-state index contributed by atoms with van der Waals surface area (Å²) in [5.74, 6) is 5.17. The van der Waals surface area contributed by atoms with Gasteiger partial charge in [-0.15, -0.1) is 37.2 Å². The van der Waals surface area contributed by atoms with Gasteiger partial charge in [0.1, 0.15) is 0 Å². The topological polar surface area (TPSA) is 38.0 Å². The number of nitrogens with two attached hydrogens (primary N) is 1. The first-order valence-corrected chi connectivity index (χ1v) is 2.60. The summed E-state index contributed by atoms with van der Waals surface area (Å²) in [6.45, 7) is 6.22. The van der Waals surface area contributed by atoms with Crippen molar-refractivity contribution in [3.05, 3.63) is 0 Å². The molecule has 0 amide bonds. The van der Waals surface area contributed by atoms with Gasteiger partial charge in [-0.2, -0.15) is 0 Å². The Bertz CT molecular complexity index is 52.9. The van der Waals surface area contributed by atoms with Crippen molar-refractivity contribution in [2.75, 3.05) is 0 Å². The Hall–Kier alpha value is 0.790. The highest BCUT2D eigenvalue weighted by molar-refractivity contribution is 5.86. The van der Waals surface area contributed by atoms with Crippen molar-refractivity contribution in [1.82, 2.24) is 5.43 Å². The Morgan fingerprint density at radius 3 is 1.50 bits per heavy atom. The van der Waals surface area contributed by atoms with Gasteiger partial charge in [-0.25, -0.2) is 0 Å².